The molecule has 1 aliphatic rings. The highest BCUT2D eigenvalue weighted by atomic mass is 16.5. The Hall–Kier alpha value is -1.88. The molecular formula is C14H17NO4. The number of ketones is 1. The van der Waals surface area contributed by atoms with Crippen molar-refractivity contribution < 1.29 is 19.4 Å². The lowest BCUT2D eigenvalue weighted by atomic mass is 10.1. The first kappa shape index (κ1) is 13.5. The SMILES string of the molecule is O=C1CCN(CCOc2ccccc2C(=O)O)CC1. The third-order valence-electron chi connectivity index (χ3n) is 3.20. The second-order valence-electron chi connectivity index (χ2n) is 4.53. The lowest BCUT2D eigenvalue weighted by molar-refractivity contribution is -0.121. The van der Waals surface area contributed by atoms with Gasteiger partial charge in [-0.3, -0.25) is 9.69 Å². The molecule has 0 unspecified atom stereocenters. The molecule has 1 saturated heterocycles. The van der Waals surface area contributed by atoms with Crippen LogP contribution in [0.2, 0.25) is 0 Å². The number of benzene rings is 1. The Balaban J connectivity index is 1.83. The maximum Gasteiger partial charge on any atom is 0.339 e. The highest BCUT2D eigenvalue weighted by Gasteiger charge is 2.16. The van der Waals surface area contributed by atoms with E-state index in [0.717, 1.165) is 13.1 Å². The number of rotatable bonds is 5. The number of Topliss-reactive ketones (excluding diaryl/α,β-unsaturated/α-hetero) is 1. The molecule has 0 aromatic heterocycles. The Kier molecular flexibility index (Phi) is 4.52. The standard InChI is InChI=1S/C14H17NO4/c16-11-5-7-15(8-6-11)9-10-19-13-4-2-1-3-12(13)14(17)18/h1-4H,5-10H2,(H,17,18). The summed E-state index contributed by atoms with van der Waals surface area (Å²) in [5, 5.41) is 9.01. The zero-order valence-electron chi connectivity index (χ0n) is 10.7. The van der Waals surface area contributed by atoms with Gasteiger partial charge in [-0.2, -0.15) is 0 Å². The zero-order chi connectivity index (χ0) is 13.7. The third-order valence-corrected chi connectivity index (χ3v) is 3.20. The molecule has 5 heteroatoms. The van der Waals surface area contributed by atoms with E-state index >= 15 is 0 Å². The largest absolute Gasteiger partial charge is 0.491 e. The smallest absolute Gasteiger partial charge is 0.339 e. The molecule has 1 aliphatic heterocycles. The molecule has 19 heavy (non-hydrogen) atoms. The van der Waals surface area contributed by atoms with E-state index in [4.69, 9.17) is 9.84 Å². The first-order chi connectivity index (χ1) is 9.16. The van der Waals surface area contributed by atoms with E-state index in [1.165, 1.54) is 6.07 Å². The van der Waals surface area contributed by atoms with Gasteiger partial charge in [0, 0.05) is 32.5 Å². The van der Waals surface area contributed by atoms with Gasteiger partial charge >= 0.3 is 5.97 Å². The minimum absolute atomic E-state index is 0.177. The Morgan fingerprint density at radius 1 is 1.26 bits per heavy atom. The van der Waals surface area contributed by atoms with Gasteiger partial charge in [0.2, 0.25) is 0 Å². The minimum Gasteiger partial charge on any atom is -0.491 e. The molecule has 1 fully saturated rings. The number of aromatic carboxylic acids is 1. The molecule has 102 valence electrons. The van der Waals surface area contributed by atoms with Crippen LogP contribution in [-0.2, 0) is 4.79 Å². The van der Waals surface area contributed by atoms with Crippen molar-refractivity contribution in [3.05, 3.63) is 29.8 Å². The molecule has 1 N–H and O–H groups in total. The fraction of sp³-hybridized carbons (Fsp3) is 0.429. The van der Waals surface area contributed by atoms with Gasteiger partial charge in [-0.25, -0.2) is 4.79 Å². The summed E-state index contributed by atoms with van der Waals surface area (Å²) in [6.07, 6.45) is 1.21. The highest BCUT2D eigenvalue weighted by molar-refractivity contribution is 5.90. The molecule has 0 radical (unpaired) electrons. The van der Waals surface area contributed by atoms with Gasteiger partial charge in [0.15, 0.2) is 0 Å². The van der Waals surface area contributed by atoms with Crippen molar-refractivity contribution in [1.29, 1.82) is 0 Å². The van der Waals surface area contributed by atoms with E-state index in [2.05, 4.69) is 4.90 Å². The van der Waals surface area contributed by atoms with Crippen LogP contribution >= 0.6 is 0 Å². The first-order valence-electron chi connectivity index (χ1n) is 6.36. The Morgan fingerprint density at radius 2 is 1.95 bits per heavy atom. The van der Waals surface area contributed by atoms with Crippen molar-refractivity contribution in [1.82, 2.24) is 4.90 Å². The Bertz CT molecular complexity index is 462. The lowest BCUT2D eigenvalue weighted by Crippen LogP contribution is -2.36. The topological polar surface area (TPSA) is 66.8 Å². The second-order valence-corrected chi connectivity index (χ2v) is 4.53. The molecule has 0 amide bonds. The van der Waals surface area contributed by atoms with Gasteiger partial charge in [-0.15, -0.1) is 0 Å². The predicted octanol–water partition coefficient (Wildman–Crippen LogP) is 1.43. The molecule has 5 nitrogen and oxygen atoms in total. The summed E-state index contributed by atoms with van der Waals surface area (Å²) in [5.74, 6) is -0.282. The molecular weight excluding hydrogens is 246 g/mol. The average molecular weight is 263 g/mol. The molecule has 0 atom stereocenters. The van der Waals surface area contributed by atoms with Crippen LogP contribution < -0.4 is 4.74 Å². The van der Waals surface area contributed by atoms with Crippen LogP contribution in [0.25, 0.3) is 0 Å². The lowest BCUT2D eigenvalue weighted by Gasteiger charge is -2.25. The maximum absolute atomic E-state index is 11.1. The van der Waals surface area contributed by atoms with Crippen LogP contribution in [0.5, 0.6) is 5.75 Å². The number of carboxylic acids is 1. The fourth-order valence-electron chi connectivity index (χ4n) is 2.08. The summed E-state index contributed by atoms with van der Waals surface area (Å²) in [4.78, 5) is 24.3. The number of nitrogens with zero attached hydrogens (tertiary/aromatic N) is 1. The minimum atomic E-state index is -0.987. The Labute approximate surface area is 111 Å². The van der Waals surface area contributed by atoms with Crippen LogP contribution in [0.3, 0.4) is 0 Å². The van der Waals surface area contributed by atoms with Crippen LogP contribution in [-0.4, -0.2) is 48.0 Å². The van der Waals surface area contributed by atoms with Gasteiger partial charge < -0.3 is 9.84 Å². The number of likely N-dealkylation sites (tertiary alicyclic amines) is 1. The number of para-hydroxylation sites is 1. The van der Waals surface area contributed by atoms with E-state index in [1.54, 1.807) is 18.2 Å². The van der Waals surface area contributed by atoms with Gasteiger partial charge in [-0.05, 0) is 12.1 Å². The Morgan fingerprint density at radius 3 is 2.63 bits per heavy atom. The predicted molar refractivity (Wildman–Crippen MR) is 69.6 cm³/mol. The van der Waals surface area contributed by atoms with Gasteiger partial charge in [0.05, 0.1) is 0 Å². The van der Waals surface area contributed by atoms with Gasteiger partial charge in [-0.1, -0.05) is 12.1 Å². The summed E-state index contributed by atoms with van der Waals surface area (Å²) in [5.41, 5.74) is 0.177. The van der Waals surface area contributed by atoms with Crippen molar-refractivity contribution >= 4 is 11.8 Å². The van der Waals surface area contributed by atoms with E-state index < -0.39 is 5.97 Å². The normalized spacial score (nSPS) is 16.3. The van der Waals surface area contributed by atoms with E-state index in [9.17, 15) is 9.59 Å². The van der Waals surface area contributed by atoms with Crippen molar-refractivity contribution in [2.24, 2.45) is 0 Å². The van der Waals surface area contributed by atoms with Crippen molar-refractivity contribution in [2.45, 2.75) is 12.8 Å². The zero-order valence-corrected chi connectivity index (χ0v) is 10.7. The molecule has 0 spiro atoms. The van der Waals surface area contributed by atoms with Gasteiger partial charge in [0.1, 0.15) is 23.7 Å². The quantitative estimate of drug-likeness (QED) is 0.870. The number of ether oxygens (including phenoxy) is 1. The van der Waals surface area contributed by atoms with Crippen molar-refractivity contribution in [3.8, 4) is 5.75 Å². The highest BCUT2D eigenvalue weighted by Crippen LogP contribution is 2.17. The molecule has 1 heterocycles. The molecule has 2 rings (SSSR count). The fourth-order valence-corrected chi connectivity index (χ4v) is 2.08. The van der Waals surface area contributed by atoms with Crippen LogP contribution in [0, 0.1) is 0 Å². The monoisotopic (exact) mass is 263 g/mol. The number of carboxylic acid groups (broad SMARTS) is 1. The summed E-state index contributed by atoms with van der Waals surface area (Å²) in [7, 11) is 0. The maximum atomic E-state index is 11.1. The summed E-state index contributed by atoms with van der Waals surface area (Å²) in [6, 6.07) is 6.61. The van der Waals surface area contributed by atoms with Gasteiger partial charge in [0.25, 0.3) is 0 Å². The summed E-state index contributed by atoms with van der Waals surface area (Å²) < 4.78 is 5.52. The molecule has 0 aliphatic carbocycles. The van der Waals surface area contributed by atoms with E-state index in [0.29, 0.717) is 37.5 Å². The van der Waals surface area contributed by atoms with Crippen molar-refractivity contribution in [3.63, 3.8) is 0 Å². The number of piperidine rings is 1. The van der Waals surface area contributed by atoms with Crippen LogP contribution in [0.4, 0.5) is 0 Å². The van der Waals surface area contributed by atoms with Crippen LogP contribution in [0.15, 0.2) is 24.3 Å². The third kappa shape index (κ3) is 3.79. The molecule has 0 bridgehead atoms. The number of hydrogen-bond donors (Lipinski definition) is 1. The number of carbonyl (C=O) groups excluding carboxylic acids is 1. The number of hydrogen-bond acceptors (Lipinski definition) is 4. The van der Waals surface area contributed by atoms with Crippen molar-refractivity contribution in [2.75, 3.05) is 26.2 Å². The number of carbonyl (C=O) groups is 2. The van der Waals surface area contributed by atoms with E-state index in [-0.39, 0.29) is 5.56 Å². The molecule has 1 aromatic rings. The summed E-state index contributed by atoms with van der Waals surface area (Å²) in [6.45, 7) is 2.67. The average Bonchev–Trinajstić information content (AvgIpc) is 2.41. The second kappa shape index (κ2) is 6.33. The summed E-state index contributed by atoms with van der Waals surface area (Å²) >= 11 is 0. The first-order valence-corrected chi connectivity index (χ1v) is 6.36. The van der Waals surface area contributed by atoms with Crippen LogP contribution in [0.1, 0.15) is 23.2 Å². The molecule has 1 aromatic carbocycles. The molecule has 0 saturated carbocycles. The van der Waals surface area contributed by atoms with E-state index in [1.807, 2.05) is 0 Å².